The monoisotopic (exact) mass is 555 g/mol. The van der Waals surface area contributed by atoms with E-state index < -0.39 is 36.5 Å². The van der Waals surface area contributed by atoms with Crippen LogP contribution in [0, 0.1) is 18.6 Å². The van der Waals surface area contributed by atoms with Crippen LogP contribution in [-0.2, 0) is 0 Å². The smallest absolute Gasteiger partial charge is 0.415 e. The summed E-state index contributed by atoms with van der Waals surface area (Å²) in [6, 6.07) is 12.3. The number of primary amides is 1. The molecule has 212 valence electrons. The highest BCUT2D eigenvalue weighted by Crippen LogP contribution is 2.30. The van der Waals surface area contributed by atoms with Crippen molar-refractivity contribution >= 4 is 11.8 Å². The second kappa shape index (κ2) is 12.9. The molecule has 4 rings (SSSR count). The van der Waals surface area contributed by atoms with Gasteiger partial charge in [0, 0.05) is 13.1 Å². The minimum atomic E-state index is -4.64. The normalized spacial score (nSPS) is 16.4. The number of anilines is 1. The lowest BCUT2D eigenvalue weighted by Crippen LogP contribution is -2.40. The lowest BCUT2D eigenvalue weighted by molar-refractivity contribution is -0.207. The maximum absolute atomic E-state index is 13.1. The number of benzene rings is 2. The Bertz CT molecular complexity index is 1250. The van der Waals surface area contributed by atoms with Crippen LogP contribution in [0.2, 0.25) is 0 Å². The Morgan fingerprint density at radius 3 is 2.49 bits per heavy atom. The number of nitrogens with zero attached hydrogens (tertiary/aromatic N) is 3. The van der Waals surface area contributed by atoms with E-state index in [1.165, 1.54) is 11.0 Å². The molecule has 0 aliphatic carbocycles. The summed E-state index contributed by atoms with van der Waals surface area (Å²) in [6.07, 6.45) is -6.47. The molecular formula is C26H30F5N5O3. The number of aliphatic hydroxyl groups is 1. The van der Waals surface area contributed by atoms with Gasteiger partial charge in [-0.3, -0.25) is 10.2 Å². The van der Waals surface area contributed by atoms with E-state index >= 15 is 0 Å². The van der Waals surface area contributed by atoms with Gasteiger partial charge in [0.25, 0.3) is 0 Å². The summed E-state index contributed by atoms with van der Waals surface area (Å²) < 4.78 is 69.7. The number of likely N-dealkylation sites (tertiary alicyclic amines) is 1. The maximum atomic E-state index is 13.1. The minimum absolute atomic E-state index is 0.148. The van der Waals surface area contributed by atoms with E-state index in [4.69, 9.17) is 15.6 Å². The molecular weight excluding hydrogens is 525 g/mol. The Hall–Kier alpha value is -3.71. The second-order valence-electron chi connectivity index (χ2n) is 8.92. The molecule has 0 spiro atoms. The van der Waals surface area contributed by atoms with Gasteiger partial charge in [0.1, 0.15) is 5.82 Å². The third-order valence-electron chi connectivity index (χ3n) is 6.10. The molecule has 1 fully saturated rings. The van der Waals surface area contributed by atoms with E-state index in [1.807, 2.05) is 44.2 Å². The zero-order valence-electron chi connectivity index (χ0n) is 21.4. The molecule has 4 N–H and O–H groups in total. The number of hydrogen-bond acceptors (Lipinski definition) is 5. The Morgan fingerprint density at radius 2 is 1.90 bits per heavy atom. The Balaban J connectivity index is 0.000000216. The van der Waals surface area contributed by atoms with Crippen molar-refractivity contribution in [3.8, 4) is 11.6 Å². The third-order valence-corrected chi connectivity index (χ3v) is 6.10. The van der Waals surface area contributed by atoms with Gasteiger partial charge in [-0.1, -0.05) is 24.3 Å². The molecule has 8 nitrogen and oxygen atoms in total. The fraction of sp³-hybridized carbons (Fsp3) is 0.385. The number of carbonyl (C=O) groups is 1. The van der Waals surface area contributed by atoms with Crippen LogP contribution >= 0.6 is 0 Å². The average Bonchev–Trinajstić information content (AvgIpc) is 3.46. The van der Waals surface area contributed by atoms with E-state index in [9.17, 15) is 26.7 Å². The number of para-hydroxylation sites is 1. The van der Waals surface area contributed by atoms with Crippen LogP contribution in [0.25, 0.3) is 5.69 Å². The number of carbonyl (C=O) groups excluding carboxylic acids is 1. The van der Waals surface area contributed by atoms with Gasteiger partial charge in [0.05, 0.1) is 17.9 Å². The minimum Gasteiger partial charge on any atom is -0.477 e. The highest BCUT2D eigenvalue weighted by Gasteiger charge is 2.40. The van der Waals surface area contributed by atoms with Gasteiger partial charge in [-0.15, -0.1) is 5.10 Å². The van der Waals surface area contributed by atoms with Crippen LogP contribution in [0.4, 0.5) is 32.6 Å². The third kappa shape index (κ3) is 7.90. The molecule has 0 radical (unpaired) electrons. The molecule has 1 aliphatic rings. The summed E-state index contributed by atoms with van der Waals surface area (Å²) in [5.74, 6) is -1.06. The van der Waals surface area contributed by atoms with E-state index in [1.54, 1.807) is 4.68 Å². The highest BCUT2D eigenvalue weighted by atomic mass is 19.4. The quantitative estimate of drug-likeness (QED) is 0.365. The number of alkyl halides is 3. The summed E-state index contributed by atoms with van der Waals surface area (Å²) in [6.45, 7) is 4.38. The van der Waals surface area contributed by atoms with Crippen molar-refractivity contribution in [3.63, 3.8) is 0 Å². The SMILES string of the molecule is CCOc1nn(-c2ccccc2)c(NC(N)=O)c1C.OC(CN1CCC(c2ccc(F)c(F)c2)C1)C(F)(F)F. The predicted octanol–water partition coefficient (Wildman–Crippen LogP) is 4.75. The molecule has 1 saturated heterocycles. The highest BCUT2D eigenvalue weighted by molar-refractivity contribution is 5.88. The first-order valence-corrected chi connectivity index (χ1v) is 12.2. The lowest BCUT2D eigenvalue weighted by atomic mass is 9.98. The molecule has 1 aromatic heterocycles. The van der Waals surface area contributed by atoms with E-state index in [0.29, 0.717) is 36.8 Å². The first-order valence-electron chi connectivity index (χ1n) is 12.2. The second-order valence-corrected chi connectivity index (χ2v) is 8.92. The van der Waals surface area contributed by atoms with Gasteiger partial charge in [-0.2, -0.15) is 13.2 Å². The molecule has 2 aromatic carbocycles. The van der Waals surface area contributed by atoms with Gasteiger partial charge in [0.15, 0.2) is 17.7 Å². The van der Waals surface area contributed by atoms with E-state index in [2.05, 4.69) is 10.4 Å². The van der Waals surface area contributed by atoms with Crippen LogP contribution in [0.1, 0.15) is 30.4 Å². The summed E-state index contributed by atoms with van der Waals surface area (Å²) in [4.78, 5) is 12.6. The number of ether oxygens (including phenoxy) is 1. The molecule has 13 heteroatoms. The predicted molar refractivity (Wildman–Crippen MR) is 135 cm³/mol. The number of rotatable bonds is 7. The number of aromatic nitrogens is 2. The summed E-state index contributed by atoms with van der Waals surface area (Å²) in [5, 5.41) is 15.9. The molecule has 2 amide bonds. The van der Waals surface area contributed by atoms with Gasteiger partial charge >= 0.3 is 12.2 Å². The average molecular weight is 556 g/mol. The van der Waals surface area contributed by atoms with Crippen LogP contribution in [0.5, 0.6) is 5.88 Å². The lowest BCUT2D eigenvalue weighted by Gasteiger charge is -2.21. The van der Waals surface area contributed by atoms with Crippen molar-refractivity contribution in [1.82, 2.24) is 14.7 Å². The standard InChI is InChI=1S/C13H14F5NO.C13H16N4O2/c14-10-2-1-8(5-11(10)15)9-3-4-19(6-9)7-12(20)13(16,17)18;1-3-19-12-9(2)11(15-13(14)18)17(16-12)10-7-5-4-6-8-10/h1-2,5,9,12,20H,3-4,6-7H2;4-8H,3H2,1-2H3,(H3,14,15,18). The van der Waals surface area contributed by atoms with Gasteiger partial charge in [0.2, 0.25) is 5.88 Å². The van der Waals surface area contributed by atoms with Crippen LogP contribution in [-0.4, -0.2) is 64.3 Å². The van der Waals surface area contributed by atoms with Crippen LogP contribution < -0.4 is 15.8 Å². The first-order chi connectivity index (χ1) is 18.4. The van der Waals surface area contributed by atoms with Crippen molar-refractivity contribution in [2.45, 2.75) is 38.5 Å². The number of amides is 2. The summed E-state index contributed by atoms with van der Waals surface area (Å²) in [7, 11) is 0. The van der Waals surface area contributed by atoms with Crippen molar-refractivity contribution in [1.29, 1.82) is 0 Å². The summed E-state index contributed by atoms with van der Waals surface area (Å²) >= 11 is 0. The van der Waals surface area contributed by atoms with E-state index in [-0.39, 0.29) is 12.5 Å². The van der Waals surface area contributed by atoms with Gasteiger partial charge in [-0.25, -0.2) is 18.3 Å². The maximum Gasteiger partial charge on any atom is 0.415 e. The molecule has 0 saturated carbocycles. The molecule has 2 heterocycles. The van der Waals surface area contributed by atoms with Crippen LogP contribution in [0.3, 0.4) is 0 Å². The van der Waals surface area contributed by atoms with Crippen LogP contribution in [0.15, 0.2) is 48.5 Å². The molecule has 0 bridgehead atoms. The first kappa shape index (κ1) is 29.8. The van der Waals surface area contributed by atoms with Crippen molar-refractivity contribution in [2.24, 2.45) is 5.73 Å². The largest absolute Gasteiger partial charge is 0.477 e. The molecule has 2 unspecified atom stereocenters. The number of nitrogens with two attached hydrogens (primary N) is 1. The summed E-state index contributed by atoms with van der Waals surface area (Å²) in [5.41, 5.74) is 7.31. The number of β-amino-alcohol motifs (C(OH)–C–C–N with tert-alkyl or cyclic N) is 1. The number of hydrogen-bond donors (Lipinski definition) is 3. The Kier molecular flexibility index (Phi) is 9.86. The van der Waals surface area contributed by atoms with Crippen molar-refractivity contribution in [2.75, 3.05) is 31.6 Å². The molecule has 39 heavy (non-hydrogen) atoms. The topological polar surface area (TPSA) is 106 Å². The number of aliphatic hydroxyl groups excluding tert-OH is 1. The Labute approximate surface area is 222 Å². The molecule has 3 aromatic rings. The molecule has 1 aliphatic heterocycles. The number of urea groups is 1. The molecule has 2 atom stereocenters. The fourth-order valence-electron chi connectivity index (χ4n) is 4.15. The fourth-order valence-corrected chi connectivity index (χ4v) is 4.15. The van der Waals surface area contributed by atoms with Gasteiger partial charge < -0.3 is 15.6 Å². The Morgan fingerprint density at radius 1 is 1.21 bits per heavy atom. The number of nitrogens with one attached hydrogen (secondary N) is 1. The zero-order valence-corrected chi connectivity index (χ0v) is 21.4. The van der Waals surface area contributed by atoms with E-state index in [0.717, 1.165) is 23.4 Å². The number of halogens is 5. The van der Waals surface area contributed by atoms with Gasteiger partial charge in [-0.05, 0) is 62.6 Å². The van der Waals surface area contributed by atoms with Crippen molar-refractivity contribution < 1.29 is 36.6 Å². The van der Waals surface area contributed by atoms with Crippen molar-refractivity contribution in [3.05, 3.63) is 71.3 Å². The zero-order chi connectivity index (χ0) is 28.7.